The fourth-order valence-corrected chi connectivity index (χ4v) is 4.88. The summed E-state index contributed by atoms with van der Waals surface area (Å²) in [7, 11) is 0. The normalized spacial score (nSPS) is 12.9. The first-order chi connectivity index (χ1) is 20.4. The number of carbonyl (C=O) groups excluding carboxylic acids is 1. The van der Waals surface area contributed by atoms with Crippen molar-refractivity contribution < 1.29 is 9.18 Å². The van der Waals surface area contributed by atoms with Crippen LogP contribution in [0.3, 0.4) is 0 Å². The lowest BCUT2D eigenvalue weighted by atomic mass is 10.1. The van der Waals surface area contributed by atoms with Gasteiger partial charge in [-0.1, -0.05) is 43.3 Å². The van der Waals surface area contributed by atoms with Crippen molar-refractivity contribution in [1.29, 1.82) is 0 Å². The SMILES string of the molecule is CCCn1c(=O)n(C2CC2)c(=O)c2[nH]c(-c3ccc(NCc4ccc(CNC(=O)c5ccccc5F)cc4)nc3)nc21. The fourth-order valence-electron chi connectivity index (χ4n) is 4.88. The monoisotopic (exact) mass is 567 g/mol. The third-order valence-electron chi connectivity index (χ3n) is 7.27. The quantitative estimate of drug-likeness (QED) is 0.230. The van der Waals surface area contributed by atoms with Gasteiger partial charge in [0.05, 0.1) is 5.56 Å². The number of benzene rings is 2. The first kappa shape index (κ1) is 27.1. The average Bonchev–Trinajstić information content (AvgIpc) is 3.74. The van der Waals surface area contributed by atoms with Crippen LogP contribution in [-0.2, 0) is 19.6 Å². The largest absolute Gasteiger partial charge is 0.366 e. The number of aromatic nitrogens is 5. The number of hydrogen-bond donors (Lipinski definition) is 3. The van der Waals surface area contributed by atoms with Crippen LogP contribution in [0.2, 0.25) is 0 Å². The van der Waals surface area contributed by atoms with E-state index < -0.39 is 11.7 Å². The average molecular weight is 568 g/mol. The summed E-state index contributed by atoms with van der Waals surface area (Å²) >= 11 is 0. The molecule has 42 heavy (non-hydrogen) atoms. The van der Waals surface area contributed by atoms with E-state index in [1.807, 2.05) is 43.3 Å². The maximum atomic E-state index is 13.8. The van der Waals surface area contributed by atoms with Gasteiger partial charge in [0.15, 0.2) is 5.65 Å². The predicted molar refractivity (Wildman–Crippen MR) is 158 cm³/mol. The molecule has 214 valence electrons. The molecule has 11 heteroatoms. The van der Waals surface area contributed by atoms with E-state index in [1.54, 1.807) is 22.9 Å². The van der Waals surface area contributed by atoms with Crippen LogP contribution >= 0.6 is 0 Å². The van der Waals surface area contributed by atoms with Gasteiger partial charge in [0.2, 0.25) is 0 Å². The van der Waals surface area contributed by atoms with Crippen LogP contribution in [0.4, 0.5) is 10.2 Å². The van der Waals surface area contributed by atoms with Crippen LogP contribution < -0.4 is 21.9 Å². The highest BCUT2D eigenvalue weighted by Gasteiger charge is 2.29. The number of anilines is 1. The fraction of sp³-hybridized carbons (Fsp3) is 0.258. The summed E-state index contributed by atoms with van der Waals surface area (Å²) in [5.41, 5.74) is 2.71. The van der Waals surface area contributed by atoms with Gasteiger partial charge < -0.3 is 15.6 Å². The molecule has 1 fully saturated rings. The van der Waals surface area contributed by atoms with Gasteiger partial charge >= 0.3 is 5.69 Å². The van der Waals surface area contributed by atoms with Gasteiger partial charge in [0.1, 0.15) is 23.0 Å². The smallest absolute Gasteiger partial charge is 0.333 e. The van der Waals surface area contributed by atoms with Crippen LogP contribution in [0.25, 0.3) is 22.6 Å². The molecule has 3 N–H and O–H groups in total. The zero-order chi connectivity index (χ0) is 29.2. The molecule has 1 aliphatic rings. The predicted octanol–water partition coefficient (Wildman–Crippen LogP) is 4.37. The van der Waals surface area contributed by atoms with Gasteiger partial charge in [-0.15, -0.1) is 0 Å². The maximum Gasteiger partial charge on any atom is 0.333 e. The Labute approximate surface area is 240 Å². The zero-order valence-electron chi connectivity index (χ0n) is 23.1. The highest BCUT2D eigenvalue weighted by molar-refractivity contribution is 5.94. The number of hydrogen-bond acceptors (Lipinski definition) is 6. The molecule has 1 saturated carbocycles. The second-order valence-electron chi connectivity index (χ2n) is 10.4. The summed E-state index contributed by atoms with van der Waals surface area (Å²) in [6.45, 7) is 3.28. The van der Waals surface area contributed by atoms with E-state index in [1.165, 1.54) is 16.7 Å². The lowest BCUT2D eigenvalue weighted by molar-refractivity contribution is 0.0947. The molecule has 3 heterocycles. The Bertz CT molecular complexity index is 1870. The number of nitrogens with zero attached hydrogens (tertiary/aromatic N) is 4. The van der Waals surface area contributed by atoms with Crippen LogP contribution in [0.1, 0.15) is 53.7 Å². The van der Waals surface area contributed by atoms with Crippen molar-refractivity contribution in [1.82, 2.24) is 29.4 Å². The van der Waals surface area contributed by atoms with Crippen molar-refractivity contribution in [3.63, 3.8) is 0 Å². The minimum absolute atomic E-state index is 0.0192. The number of aryl methyl sites for hydroxylation is 1. The third kappa shape index (κ3) is 5.45. The van der Waals surface area contributed by atoms with Gasteiger partial charge in [0.25, 0.3) is 11.5 Å². The number of amides is 1. The maximum absolute atomic E-state index is 13.8. The Morgan fingerprint density at radius 1 is 1.02 bits per heavy atom. The van der Waals surface area contributed by atoms with E-state index in [9.17, 15) is 18.8 Å². The Hall–Kier alpha value is -5.06. The van der Waals surface area contributed by atoms with E-state index in [0.29, 0.717) is 41.5 Å². The lowest BCUT2D eigenvalue weighted by Crippen LogP contribution is -2.39. The number of fused-ring (bicyclic) bond motifs is 1. The van der Waals surface area contributed by atoms with Crippen molar-refractivity contribution in [2.75, 3.05) is 5.32 Å². The number of carbonyl (C=O) groups is 1. The van der Waals surface area contributed by atoms with Crippen molar-refractivity contribution in [2.45, 2.75) is 51.9 Å². The van der Waals surface area contributed by atoms with Crippen molar-refractivity contribution in [3.05, 3.63) is 110 Å². The molecule has 0 saturated heterocycles. The third-order valence-corrected chi connectivity index (χ3v) is 7.27. The zero-order valence-corrected chi connectivity index (χ0v) is 23.1. The summed E-state index contributed by atoms with van der Waals surface area (Å²) in [5.74, 6) is 0.139. The molecule has 0 aliphatic heterocycles. The van der Waals surface area contributed by atoms with Crippen LogP contribution in [0.5, 0.6) is 0 Å². The minimum atomic E-state index is -0.549. The van der Waals surface area contributed by atoms with Gasteiger partial charge in [-0.3, -0.25) is 18.7 Å². The summed E-state index contributed by atoms with van der Waals surface area (Å²) in [6.07, 6.45) is 4.09. The number of nitrogens with one attached hydrogen (secondary N) is 3. The molecule has 1 amide bonds. The van der Waals surface area contributed by atoms with Crippen LogP contribution in [0.15, 0.2) is 76.4 Å². The number of aromatic amines is 1. The first-order valence-corrected chi connectivity index (χ1v) is 14.0. The number of pyridine rings is 1. The Morgan fingerprint density at radius 3 is 2.43 bits per heavy atom. The molecule has 0 bridgehead atoms. The molecule has 6 rings (SSSR count). The van der Waals surface area contributed by atoms with Crippen molar-refractivity contribution in [2.24, 2.45) is 0 Å². The lowest BCUT2D eigenvalue weighted by Gasteiger charge is -2.09. The Balaban J connectivity index is 1.10. The van der Waals surface area contributed by atoms with E-state index in [-0.39, 0.29) is 29.4 Å². The Kier molecular flexibility index (Phi) is 7.39. The van der Waals surface area contributed by atoms with Crippen LogP contribution in [-0.4, -0.2) is 30.0 Å². The molecular formula is C31H30FN7O3. The van der Waals surface area contributed by atoms with E-state index in [0.717, 1.165) is 30.4 Å². The molecule has 10 nitrogen and oxygen atoms in total. The standard InChI is InChI=1S/C31H30FN7O3/c1-2-15-38-28-26(30(41)39(31(38)42)22-12-13-22)36-27(37-28)21-11-14-25(34-18-21)33-16-19-7-9-20(10-8-19)17-35-29(40)23-5-3-4-6-24(23)32/h3-11,14,18,22H,2,12-13,15-17H2,1H3,(H,33,34)(H,35,40)(H,36,37). The molecule has 3 aromatic heterocycles. The molecular weight excluding hydrogens is 537 g/mol. The van der Waals surface area contributed by atoms with Crippen molar-refractivity contribution >= 4 is 22.9 Å². The molecule has 0 atom stereocenters. The Morgan fingerprint density at radius 2 is 1.76 bits per heavy atom. The summed E-state index contributed by atoms with van der Waals surface area (Å²) < 4.78 is 16.7. The summed E-state index contributed by atoms with van der Waals surface area (Å²) in [5, 5.41) is 6.02. The van der Waals surface area contributed by atoms with E-state index in [2.05, 4.69) is 25.6 Å². The second-order valence-corrected chi connectivity index (χ2v) is 10.4. The number of imidazole rings is 1. The topological polar surface area (TPSA) is 127 Å². The molecule has 5 aromatic rings. The second kappa shape index (κ2) is 11.4. The number of rotatable bonds is 10. The summed E-state index contributed by atoms with van der Waals surface area (Å²) in [4.78, 5) is 50.6. The molecule has 0 radical (unpaired) electrons. The van der Waals surface area contributed by atoms with E-state index in [4.69, 9.17) is 0 Å². The van der Waals surface area contributed by atoms with Crippen molar-refractivity contribution in [3.8, 4) is 11.4 Å². The molecule has 0 unspecified atom stereocenters. The van der Waals surface area contributed by atoms with Gasteiger partial charge in [-0.2, -0.15) is 0 Å². The van der Waals surface area contributed by atoms with Gasteiger partial charge in [0, 0.05) is 37.4 Å². The number of H-pyrrole nitrogens is 1. The molecule has 1 aliphatic carbocycles. The minimum Gasteiger partial charge on any atom is -0.366 e. The van der Waals surface area contributed by atoms with Gasteiger partial charge in [-0.05, 0) is 54.7 Å². The molecule has 0 spiro atoms. The van der Waals surface area contributed by atoms with Crippen LogP contribution in [0, 0.1) is 5.82 Å². The highest BCUT2D eigenvalue weighted by atomic mass is 19.1. The highest BCUT2D eigenvalue weighted by Crippen LogP contribution is 2.32. The number of halogens is 1. The van der Waals surface area contributed by atoms with Gasteiger partial charge in [-0.25, -0.2) is 19.2 Å². The van der Waals surface area contributed by atoms with E-state index >= 15 is 0 Å². The molecule has 2 aromatic carbocycles. The summed E-state index contributed by atoms with van der Waals surface area (Å²) in [6, 6.07) is 17.3. The first-order valence-electron chi connectivity index (χ1n) is 14.0.